The van der Waals surface area contributed by atoms with Gasteiger partial charge in [0.15, 0.2) is 5.79 Å². The Morgan fingerprint density at radius 2 is 1.59 bits per heavy atom. The Morgan fingerprint density at radius 1 is 1.09 bits per heavy atom. The molecule has 0 fully saturated rings. The van der Waals surface area contributed by atoms with E-state index in [0.29, 0.717) is 0 Å². The van der Waals surface area contributed by atoms with E-state index in [1.54, 1.807) is 0 Å². The summed E-state index contributed by atoms with van der Waals surface area (Å²) in [6.45, 7) is 0.732. The normalized spacial score (nSPS) is 12.8. The van der Waals surface area contributed by atoms with E-state index >= 15 is 0 Å². The van der Waals surface area contributed by atoms with Gasteiger partial charge in [0.1, 0.15) is 5.69 Å². The molecule has 0 saturated carbocycles. The standard InChI is InChI=1S/C12H7Cl3F3NO3/c1-11(20,21)8-9(19-22-10(8)12(16,17)18)7-5(14)2-4(13)3-6(7)15/h2-3,20-21H,1H3. The minimum atomic E-state index is -4.99. The highest BCUT2D eigenvalue weighted by atomic mass is 35.5. The third-order valence-electron chi connectivity index (χ3n) is 2.67. The Hall–Kier alpha value is -0.990. The molecule has 0 spiro atoms. The molecule has 120 valence electrons. The van der Waals surface area contributed by atoms with Crippen LogP contribution in [0.15, 0.2) is 16.7 Å². The van der Waals surface area contributed by atoms with Gasteiger partial charge in [-0.2, -0.15) is 13.2 Å². The van der Waals surface area contributed by atoms with Crippen molar-refractivity contribution < 1.29 is 27.9 Å². The number of alkyl halides is 3. The quantitative estimate of drug-likeness (QED) is 0.759. The smallest absolute Gasteiger partial charge is 0.362 e. The second kappa shape index (κ2) is 5.58. The molecule has 10 heteroatoms. The SMILES string of the molecule is CC(O)(O)c1c(-c2c(Cl)cc(Cl)cc2Cl)noc1C(F)(F)F. The molecule has 4 nitrogen and oxygen atoms in total. The maximum atomic E-state index is 12.9. The summed E-state index contributed by atoms with van der Waals surface area (Å²) in [4.78, 5) is 0. The monoisotopic (exact) mass is 375 g/mol. The van der Waals surface area contributed by atoms with E-state index in [9.17, 15) is 23.4 Å². The summed E-state index contributed by atoms with van der Waals surface area (Å²) in [5, 5.41) is 22.4. The number of halogens is 6. The van der Waals surface area contributed by atoms with Crippen LogP contribution in [0.25, 0.3) is 11.3 Å². The van der Waals surface area contributed by atoms with Gasteiger partial charge in [-0.05, 0) is 19.1 Å². The Kier molecular flexibility index (Phi) is 4.40. The Morgan fingerprint density at radius 3 is 2.00 bits per heavy atom. The number of aromatic nitrogens is 1. The Bertz CT molecular complexity index is 700. The first-order chi connectivity index (χ1) is 9.93. The third kappa shape index (κ3) is 3.18. The van der Waals surface area contributed by atoms with Crippen LogP contribution in [-0.4, -0.2) is 15.4 Å². The van der Waals surface area contributed by atoms with Gasteiger partial charge in [0.2, 0.25) is 5.76 Å². The van der Waals surface area contributed by atoms with Crippen LogP contribution in [0, 0.1) is 0 Å². The molecule has 2 N–H and O–H groups in total. The van der Waals surface area contributed by atoms with Crippen LogP contribution in [0.1, 0.15) is 18.2 Å². The van der Waals surface area contributed by atoms with Gasteiger partial charge in [-0.25, -0.2) is 0 Å². The Labute approximate surface area is 137 Å². The summed E-state index contributed by atoms with van der Waals surface area (Å²) in [5.74, 6) is -4.54. The molecule has 0 radical (unpaired) electrons. The van der Waals surface area contributed by atoms with Crippen molar-refractivity contribution in [2.45, 2.75) is 18.9 Å². The minimum absolute atomic E-state index is 0.120. The fraction of sp³-hybridized carbons (Fsp3) is 0.250. The summed E-state index contributed by atoms with van der Waals surface area (Å²) >= 11 is 17.6. The lowest BCUT2D eigenvalue weighted by molar-refractivity contribution is -0.178. The first-order valence-corrected chi connectivity index (χ1v) is 6.73. The summed E-state index contributed by atoms with van der Waals surface area (Å²) < 4.78 is 43.0. The van der Waals surface area contributed by atoms with Crippen LogP contribution in [0.2, 0.25) is 15.1 Å². The van der Waals surface area contributed by atoms with E-state index in [1.165, 1.54) is 12.1 Å². The number of rotatable bonds is 2. The highest BCUT2D eigenvalue weighted by molar-refractivity contribution is 6.41. The topological polar surface area (TPSA) is 66.5 Å². The summed E-state index contributed by atoms with van der Waals surface area (Å²) in [6, 6.07) is 2.45. The lowest BCUT2D eigenvalue weighted by atomic mass is 9.99. The van der Waals surface area contributed by atoms with Gasteiger partial charge in [-0.15, -0.1) is 0 Å². The maximum Gasteiger partial charge on any atom is 0.452 e. The van der Waals surface area contributed by atoms with Crippen molar-refractivity contribution in [3.63, 3.8) is 0 Å². The van der Waals surface area contributed by atoms with E-state index < -0.39 is 29.0 Å². The van der Waals surface area contributed by atoms with Crippen molar-refractivity contribution in [3.05, 3.63) is 38.5 Å². The van der Waals surface area contributed by atoms with E-state index in [0.717, 1.165) is 6.92 Å². The molecule has 0 aliphatic carbocycles. The molecule has 22 heavy (non-hydrogen) atoms. The van der Waals surface area contributed by atoms with Gasteiger partial charge in [0.05, 0.1) is 15.6 Å². The molecule has 0 saturated heterocycles. The molecule has 0 amide bonds. The van der Waals surface area contributed by atoms with Crippen LogP contribution >= 0.6 is 34.8 Å². The van der Waals surface area contributed by atoms with Gasteiger partial charge in [-0.1, -0.05) is 40.0 Å². The lowest BCUT2D eigenvalue weighted by Crippen LogP contribution is -2.24. The van der Waals surface area contributed by atoms with Crippen molar-refractivity contribution >= 4 is 34.8 Å². The maximum absolute atomic E-state index is 12.9. The molecular weight excluding hydrogens is 369 g/mol. The summed E-state index contributed by atoms with van der Waals surface area (Å²) in [5.41, 5.74) is -1.69. The van der Waals surface area contributed by atoms with E-state index in [4.69, 9.17) is 34.8 Å². The first-order valence-electron chi connectivity index (χ1n) is 5.60. The first kappa shape index (κ1) is 17.4. The number of hydrogen-bond donors (Lipinski definition) is 2. The van der Waals surface area contributed by atoms with Gasteiger partial charge < -0.3 is 14.7 Å². The largest absolute Gasteiger partial charge is 0.452 e. The van der Waals surface area contributed by atoms with Crippen LogP contribution in [0.3, 0.4) is 0 Å². The molecular formula is C12H7Cl3F3NO3. The minimum Gasteiger partial charge on any atom is -0.362 e. The molecule has 0 atom stereocenters. The molecule has 1 heterocycles. The van der Waals surface area contributed by atoms with Crippen molar-refractivity contribution in [1.82, 2.24) is 5.16 Å². The Balaban J connectivity index is 2.81. The average Bonchev–Trinajstić information content (AvgIpc) is 2.71. The average molecular weight is 377 g/mol. The predicted octanol–water partition coefficient (Wildman–Crippen LogP) is 4.48. The second-order valence-electron chi connectivity index (χ2n) is 4.50. The number of hydrogen-bond acceptors (Lipinski definition) is 4. The van der Waals surface area contributed by atoms with Crippen LogP contribution in [0.5, 0.6) is 0 Å². The zero-order valence-electron chi connectivity index (χ0n) is 10.7. The van der Waals surface area contributed by atoms with E-state index in [1.807, 2.05) is 0 Å². The van der Waals surface area contributed by atoms with Crippen LogP contribution in [0.4, 0.5) is 13.2 Å². The second-order valence-corrected chi connectivity index (χ2v) is 5.75. The number of benzene rings is 1. The molecule has 0 aliphatic heterocycles. The number of aliphatic hydroxyl groups is 2. The van der Waals surface area contributed by atoms with Crippen molar-refractivity contribution in [1.29, 1.82) is 0 Å². The summed E-state index contributed by atoms with van der Waals surface area (Å²) in [6.07, 6.45) is -4.99. The summed E-state index contributed by atoms with van der Waals surface area (Å²) in [7, 11) is 0. The van der Waals surface area contributed by atoms with Gasteiger partial charge >= 0.3 is 6.18 Å². The molecule has 0 bridgehead atoms. The molecule has 0 aliphatic rings. The van der Waals surface area contributed by atoms with Gasteiger partial charge in [0, 0.05) is 10.6 Å². The fourth-order valence-electron chi connectivity index (χ4n) is 1.86. The van der Waals surface area contributed by atoms with Crippen LogP contribution in [-0.2, 0) is 12.0 Å². The zero-order chi connectivity index (χ0) is 16.9. The van der Waals surface area contributed by atoms with Crippen molar-refractivity contribution in [2.24, 2.45) is 0 Å². The van der Waals surface area contributed by atoms with Gasteiger partial charge in [-0.3, -0.25) is 0 Å². The molecule has 1 aromatic carbocycles. The van der Waals surface area contributed by atoms with Crippen molar-refractivity contribution in [3.8, 4) is 11.3 Å². The number of nitrogens with zero attached hydrogens (tertiary/aromatic N) is 1. The molecule has 1 aromatic heterocycles. The molecule has 2 rings (SSSR count). The van der Waals surface area contributed by atoms with Crippen molar-refractivity contribution in [2.75, 3.05) is 0 Å². The zero-order valence-corrected chi connectivity index (χ0v) is 12.9. The molecule has 2 aromatic rings. The third-order valence-corrected chi connectivity index (χ3v) is 3.48. The highest BCUT2D eigenvalue weighted by Crippen LogP contribution is 2.45. The fourth-order valence-corrected chi connectivity index (χ4v) is 2.86. The lowest BCUT2D eigenvalue weighted by Gasteiger charge is -2.18. The predicted molar refractivity (Wildman–Crippen MR) is 73.8 cm³/mol. The molecule has 0 unspecified atom stereocenters. The van der Waals surface area contributed by atoms with E-state index in [-0.39, 0.29) is 20.6 Å². The highest BCUT2D eigenvalue weighted by Gasteiger charge is 2.46. The van der Waals surface area contributed by atoms with Gasteiger partial charge in [0.25, 0.3) is 0 Å². The van der Waals surface area contributed by atoms with E-state index in [2.05, 4.69) is 9.68 Å². The van der Waals surface area contributed by atoms with Crippen LogP contribution < -0.4 is 0 Å².